The number of likely N-dealkylation sites (tertiary alicyclic amines) is 1. The van der Waals surface area contributed by atoms with E-state index < -0.39 is 40.8 Å². The number of hydrogen-bond acceptors (Lipinski definition) is 6. The van der Waals surface area contributed by atoms with Crippen molar-refractivity contribution in [3.05, 3.63) is 42.5 Å². The maximum atomic E-state index is 12.6. The van der Waals surface area contributed by atoms with Crippen molar-refractivity contribution >= 4 is 39.7 Å². The molecule has 9 nitrogen and oxygen atoms in total. The van der Waals surface area contributed by atoms with Gasteiger partial charge in [-0.3, -0.25) is 18.5 Å². The van der Waals surface area contributed by atoms with Crippen LogP contribution in [0.15, 0.2) is 42.5 Å². The molecule has 3 rings (SSSR count). The third-order valence-corrected chi connectivity index (χ3v) is 6.18. The largest absolute Gasteiger partial charge is 0.755 e. The van der Waals surface area contributed by atoms with Crippen LogP contribution < -0.4 is 9.79 Å². The van der Waals surface area contributed by atoms with Crippen LogP contribution in [0, 0.1) is 5.92 Å². The van der Waals surface area contributed by atoms with Gasteiger partial charge in [0.25, 0.3) is 5.91 Å². The summed E-state index contributed by atoms with van der Waals surface area (Å²) < 4.78 is 30.9. The molecule has 0 aromatic heterocycles. The molecule has 1 saturated heterocycles. The highest BCUT2D eigenvalue weighted by Crippen LogP contribution is 2.31. The zero-order valence-electron chi connectivity index (χ0n) is 18.3. The molecule has 1 heterocycles. The van der Waals surface area contributed by atoms with E-state index in [1.807, 2.05) is 24.3 Å². The predicted octanol–water partition coefficient (Wildman–Crippen LogP) is 2.96. The van der Waals surface area contributed by atoms with Crippen LogP contribution in [0.5, 0.6) is 0 Å². The van der Waals surface area contributed by atoms with E-state index in [1.54, 1.807) is 49.4 Å². The molecule has 2 atom stereocenters. The van der Waals surface area contributed by atoms with Gasteiger partial charge in [-0.1, -0.05) is 30.3 Å². The van der Waals surface area contributed by atoms with E-state index in [4.69, 9.17) is 4.74 Å². The minimum atomic E-state index is -2.78. The number of carbonyl (C=O) groups is 2. The molecular formula is C22H28N3O6S-. The Balaban J connectivity index is 1.85. The number of ether oxygens (including phenoxy) is 1. The third-order valence-electron chi connectivity index (χ3n) is 5.42. The molecule has 0 aliphatic carbocycles. The summed E-state index contributed by atoms with van der Waals surface area (Å²) in [6.07, 6.45) is 0.301. The summed E-state index contributed by atoms with van der Waals surface area (Å²) >= 11 is -2.78. The second-order valence-corrected chi connectivity index (χ2v) is 9.63. The standard InChI is InChI=1S/C22H29N3O6S/c1-22(2,3)31-21(27)24-12-10-16(11-13-24)19(20(26)23-28)25(32(29)30)18-9-8-15-6-4-5-7-17(15)14-18/h4-9,14,16,19,28H,10-13H2,1-3H3,(H,23,26)(H,29,30)/p-1. The second kappa shape index (κ2) is 9.85. The first-order valence-electron chi connectivity index (χ1n) is 10.4. The fourth-order valence-electron chi connectivity index (χ4n) is 3.96. The van der Waals surface area contributed by atoms with Crippen LogP contribution >= 0.6 is 0 Å². The van der Waals surface area contributed by atoms with Gasteiger partial charge in [-0.25, -0.2) is 10.3 Å². The summed E-state index contributed by atoms with van der Waals surface area (Å²) in [7, 11) is 0. The maximum absolute atomic E-state index is 12.6. The van der Waals surface area contributed by atoms with Crippen LogP contribution in [0.4, 0.5) is 10.5 Å². The summed E-state index contributed by atoms with van der Waals surface area (Å²) in [5, 5.41) is 11.1. The van der Waals surface area contributed by atoms with Gasteiger partial charge in [0.1, 0.15) is 11.6 Å². The molecule has 174 valence electrons. The maximum Gasteiger partial charge on any atom is 0.410 e. The quantitative estimate of drug-likeness (QED) is 0.400. The van der Waals surface area contributed by atoms with Crippen LogP contribution in [0.3, 0.4) is 0 Å². The zero-order valence-corrected chi connectivity index (χ0v) is 19.1. The molecule has 0 radical (unpaired) electrons. The van der Waals surface area contributed by atoms with Gasteiger partial charge < -0.3 is 14.2 Å². The molecule has 0 spiro atoms. The van der Waals surface area contributed by atoms with Crippen molar-refractivity contribution in [1.29, 1.82) is 0 Å². The molecule has 10 heteroatoms. The molecule has 2 amide bonds. The van der Waals surface area contributed by atoms with Crippen LogP contribution in [-0.2, 0) is 20.8 Å². The number of benzene rings is 2. The summed E-state index contributed by atoms with van der Waals surface area (Å²) in [4.78, 5) is 26.5. The number of carbonyl (C=O) groups excluding carboxylic acids is 2. The van der Waals surface area contributed by atoms with E-state index in [0.717, 1.165) is 15.1 Å². The number of nitrogens with zero attached hydrogens (tertiary/aromatic N) is 2. The Labute approximate surface area is 189 Å². The van der Waals surface area contributed by atoms with Crippen molar-refractivity contribution < 1.29 is 28.3 Å². The van der Waals surface area contributed by atoms with Crippen molar-refractivity contribution in [2.24, 2.45) is 5.92 Å². The van der Waals surface area contributed by atoms with E-state index in [-0.39, 0.29) is 0 Å². The Kier molecular flexibility index (Phi) is 7.37. The lowest BCUT2D eigenvalue weighted by Gasteiger charge is -2.41. The number of rotatable bonds is 5. The van der Waals surface area contributed by atoms with Crippen LogP contribution in [0.2, 0.25) is 0 Å². The molecule has 1 fully saturated rings. The van der Waals surface area contributed by atoms with Gasteiger partial charge in [0, 0.05) is 30.0 Å². The van der Waals surface area contributed by atoms with Crippen molar-refractivity contribution in [3.8, 4) is 0 Å². The molecule has 0 bridgehead atoms. The predicted molar refractivity (Wildman–Crippen MR) is 120 cm³/mol. The Morgan fingerprint density at radius 2 is 1.81 bits per heavy atom. The molecule has 2 aromatic carbocycles. The highest BCUT2D eigenvalue weighted by atomic mass is 32.2. The number of piperidine rings is 1. The average molecular weight is 463 g/mol. The van der Waals surface area contributed by atoms with Gasteiger partial charge in [0.15, 0.2) is 0 Å². The fourth-order valence-corrected chi connectivity index (χ4v) is 4.69. The normalized spacial score (nSPS) is 17.0. The second-order valence-electron chi connectivity index (χ2n) is 8.80. The highest BCUT2D eigenvalue weighted by molar-refractivity contribution is 7.80. The van der Waals surface area contributed by atoms with Gasteiger partial charge in [-0.15, -0.1) is 0 Å². The number of anilines is 1. The molecule has 1 aliphatic rings. The minimum Gasteiger partial charge on any atom is -0.755 e. The Hall–Kier alpha value is -2.69. The fraction of sp³-hybridized carbons (Fsp3) is 0.455. The van der Waals surface area contributed by atoms with E-state index in [9.17, 15) is 23.6 Å². The third kappa shape index (κ3) is 5.56. The van der Waals surface area contributed by atoms with Crippen LogP contribution in [-0.4, -0.2) is 55.6 Å². The van der Waals surface area contributed by atoms with Crippen molar-refractivity contribution in [2.45, 2.75) is 45.3 Å². The van der Waals surface area contributed by atoms with Gasteiger partial charge in [-0.2, -0.15) is 0 Å². The lowest BCUT2D eigenvalue weighted by atomic mass is 9.88. The van der Waals surface area contributed by atoms with E-state index >= 15 is 0 Å². The SMILES string of the molecule is CC(C)(C)OC(=O)N1CCC(C(C(=O)NO)N(c2ccc3ccccc3c2)S(=O)[O-])CC1. The number of hydrogen-bond donors (Lipinski definition) is 2. The molecule has 2 N–H and O–H groups in total. The molecule has 0 saturated carbocycles. The van der Waals surface area contributed by atoms with Crippen molar-refractivity contribution in [1.82, 2.24) is 10.4 Å². The zero-order chi connectivity index (χ0) is 23.5. The lowest BCUT2D eigenvalue weighted by molar-refractivity contribution is -0.131. The molecule has 32 heavy (non-hydrogen) atoms. The molecule has 1 aliphatic heterocycles. The first kappa shape index (κ1) is 24.0. The van der Waals surface area contributed by atoms with Gasteiger partial charge >= 0.3 is 6.09 Å². The topological polar surface area (TPSA) is 122 Å². The average Bonchev–Trinajstić information content (AvgIpc) is 2.75. The minimum absolute atomic E-state index is 0.311. The summed E-state index contributed by atoms with van der Waals surface area (Å²) in [5.41, 5.74) is 1.30. The first-order chi connectivity index (χ1) is 15.1. The van der Waals surface area contributed by atoms with Gasteiger partial charge in [0.2, 0.25) is 0 Å². The van der Waals surface area contributed by atoms with Crippen LogP contribution in [0.1, 0.15) is 33.6 Å². The van der Waals surface area contributed by atoms with E-state index in [0.29, 0.717) is 31.6 Å². The number of nitrogens with one attached hydrogen (secondary N) is 1. The Morgan fingerprint density at radius 3 is 2.38 bits per heavy atom. The van der Waals surface area contributed by atoms with E-state index in [2.05, 4.69) is 0 Å². The number of amides is 2. The summed E-state index contributed by atoms with van der Waals surface area (Å²) in [6, 6.07) is 11.4. The molecule has 2 unspecified atom stereocenters. The summed E-state index contributed by atoms with van der Waals surface area (Å²) in [6.45, 7) is 5.97. The van der Waals surface area contributed by atoms with Crippen molar-refractivity contribution in [2.75, 3.05) is 17.4 Å². The number of fused-ring (bicyclic) bond motifs is 1. The lowest BCUT2D eigenvalue weighted by Crippen LogP contribution is -2.54. The highest BCUT2D eigenvalue weighted by Gasteiger charge is 2.38. The summed E-state index contributed by atoms with van der Waals surface area (Å²) in [5.74, 6) is -1.23. The Morgan fingerprint density at radius 1 is 1.19 bits per heavy atom. The smallest absolute Gasteiger partial charge is 0.410 e. The number of hydroxylamine groups is 1. The van der Waals surface area contributed by atoms with Gasteiger partial charge in [-0.05, 0) is 62.4 Å². The van der Waals surface area contributed by atoms with Crippen LogP contribution in [0.25, 0.3) is 10.8 Å². The first-order valence-corrected chi connectivity index (χ1v) is 11.4. The monoisotopic (exact) mass is 462 g/mol. The molecular weight excluding hydrogens is 434 g/mol. The van der Waals surface area contributed by atoms with Gasteiger partial charge in [0.05, 0.1) is 0 Å². The Bertz CT molecular complexity index is 1000. The molecule has 2 aromatic rings. The van der Waals surface area contributed by atoms with Crippen molar-refractivity contribution in [3.63, 3.8) is 0 Å². The van der Waals surface area contributed by atoms with E-state index in [1.165, 1.54) is 0 Å².